The maximum Gasteiger partial charge on any atom is 0.0802 e. The van der Waals surface area contributed by atoms with Gasteiger partial charge in [-0.25, -0.2) is 0 Å². The van der Waals surface area contributed by atoms with Crippen molar-refractivity contribution in [3.8, 4) is 6.07 Å². The number of benzene rings is 1. The minimum absolute atomic E-state index is 0.121. The summed E-state index contributed by atoms with van der Waals surface area (Å²) in [5.41, 5.74) is 0.849. The van der Waals surface area contributed by atoms with Crippen molar-refractivity contribution >= 4 is 15.9 Å². The molecule has 0 saturated heterocycles. The van der Waals surface area contributed by atoms with Gasteiger partial charge >= 0.3 is 0 Å². The molecule has 0 radical (unpaired) electrons. The van der Waals surface area contributed by atoms with Crippen LogP contribution in [0.5, 0.6) is 0 Å². The molecule has 2 nitrogen and oxygen atoms in total. The molecule has 2 atom stereocenters. The van der Waals surface area contributed by atoms with E-state index in [0.717, 1.165) is 10.0 Å². The van der Waals surface area contributed by atoms with Gasteiger partial charge in [-0.1, -0.05) is 28.1 Å². The molecule has 2 unspecified atom stereocenters. The highest BCUT2D eigenvalue weighted by atomic mass is 79.9. The fourth-order valence-electron chi connectivity index (χ4n) is 1.24. The molecular formula is C11H12BrNO. The number of aliphatic hydroxyl groups is 1. The molecule has 0 amide bonds. The SMILES string of the molecule is CC(C#N)CC(O)c1cccc(Br)c1. The van der Waals surface area contributed by atoms with Crippen molar-refractivity contribution in [2.24, 2.45) is 5.92 Å². The van der Waals surface area contributed by atoms with Gasteiger partial charge in [0.2, 0.25) is 0 Å². The fourth-order valence-corrected chi connectivity index (χ4v) is 1.65. The van der Waals surface area contributed by atoms with Gasteiger partial charge < -0.3 is 5.11 Å². The third-order valence-electron chi connectivity index (χ3n) is 2.03. The quantitative estimate of drug-likeness (QED) is 0.900. The molecule has 0 fully saturated rings. The van der Waals surface area contributed by atoms with Gasteiger partial charge in [0.05, 0.1) is 12.2 Å². The summed E-state index contributed by atoms with van der Waals surface area (Å²) in [5.74, 6) is -0.121. The average Bonchev–Trinajstić information content (AvgIpc) is 2.17. The first kappa shape index (κ1) is 11.2. The summed E-state index contributed by atoms with van der Waals surface area (Å²) in [4.78, 5) is 0. The van der Waals surface area contributed by atoms with Crippen molar-refractivity contribution in [1.29, 1.82) is 5.26 Å². The van der Waals surface area contributed by atoms with E-state index < -0.39 is 6.10 Å². The highest BCUT2D eigenvalue weighted by Gasteiger charge is 2.11. The van der Waals surface area contributed by atoms with Crippen LogP contribution in [0.15, 0.2) is 28.7 Å². The summed E-state index contributed by atoms with van der Waals surface area (Å²) in [6.45, 7) is 1.81. The summed E-state index contributed by atoms with van der Waals surface area (Å²) < 4.78 is 0.943. The number of nitrogens with zero attached hydrogens (tertiary/aromatic N) is 1. The van der Waals surface area contributed by atoms with Crippen LogP contribution >= 0.6 is 15.9 Å². The Morgan fingerprint density at radius 2 is 2.29 bits per heavy atom. The van der Waals surface area contributed by atoms with Gasteiger partial charge in [-0.3, -0.25) is 0 Å². The van der Waals surface area contributed by atoms with Crippen molar-refractivity contribution in [3.05, 3.63) is 34.3 Å². The Balaban J connectivity index is 2.70. The number of hydrogen-bond donors (Lipinski definition) is 1. The molecule has 74 valence electrons. The second kappa shape index (κ2) is 5.14. The summed E-state index contributed by atoms with van der Waals surface area (Å²) in [6, 6.07) is 9.62. The summed E-state index contributed by atoms with van der Waals surface area (Å²) in [7, 11) is 0. The Morgan fingerprint density at radius 1 is 1.57 bits per heavy atom. The summed E-state index contributed by atoms with van der Waals surface area (Å²) >= 11 is 3.34. The Bertz CT molecular complexity index is 345. The Kier molecular flexibility index (Phi) is 4.12. The van der Waals surface area contributed by atoms with Crippen molar-refractivity contribution in [1.82, 2.24) is 0 Å². The molecule has 0 spiro atoms. The van der Waals surface area contributed by atoms with Crippen LogP contribution in [0.1, 0.15) is 25.0 Å². The lowest BCUT2D eigenvalue weighted by molar-refractivity contribution is 0.156. The minimum Gasteiger partial charge on any atom is -0.388 e. The van der Waals surface area contributed by atoms with E-state index in [-0.39, 0.29) is 5.92 Å². The molecule has 14 heavy (non-hydrogen) atoms. The largest absolute Gasteiger partial charge is 0.388 e. The normalized spacial score (nSPS) is 14.4. The fraction of sp³-hybridized carbons (Fsp3) is 0.364. The molecule has 0 bridgehead atoms. The number of aliphatic hydroxyl groups excluding tert-OH is 1. The van der Waals surface area contributed by atoms with Crippen LogP contribution in [0.4, 0.5) is 0 Å². The predicted octanol–water partition coefficient (Wildman–Crippen LogP) is 3.03. The van der Waals surface area contributed by atoms with Crippen LogP contribution in [-0.4, -0.2) is 5.11 Å². The third-order valence-corrected chi connectivity index (χ3v) is 2.52. The number of hydrogen-bond acceptors (Lipinski definition) is 2. The lowest BCUT2D eigenvalue weighted by atomic mass is 9.99. The Morgan fingerprint density at radius 3 is 2.86 bits per heavy atom. The predicted molar refractivity (Wildman–Crippen MR) is 58.5 cm³/mol. The van der Waals surface area contributed by atoms with Gasteiger partial charge in [0.25, 0.3) is 0 Å². The minimum atomic E-state index is -0.554. The Labute approximate surface area is 92.3 Å². The first-order valence-corrected chi connectivity index (χ1v) is 5.26. The smallest absolute Gasteiger partial charge is 0.0802 e. The van der Waals surface area contributed by atoms with Crippen molar-refractivity contribution in [2.45, 2.75) is 19.4 Å². The van der Waals surface area contributed by atoms with E-state index in [0.29, 0.717) is 6.42 Å². The number of nitriles is 1. The van der Waals surface area contributed by atoms with Crippen LogP contribution in [0.2, 0.25) is 0 Å². The van der Waals surface area contributed by atoms with Gasteiger partial charge in [-0.15, -0.1) is 0 Å². The highest BCUT2D eigenvalue weighted by Crippen LogP contribution is 2.23. The molecule has 0 aliphatic carbocycles. The molecule has 0 saturated carbocycles. The molecular weight excluding hydrogens is 242 g/mol. The average molecular weight is 254 g/mol. The van der Waals surface area contributed by atoms with Gasteiger partial charge in [0.15, 0.2) is 0 Å². The second-order valence-corrected chi connectivity index (χ2v) is 4.25. The lowest BCUT2D eigenvalue weighted by Gasteiger charge is -2.12. The molecule has 1 N–H and O–H groups in total. The van der Waals surface area contributed by atoms with Crippen LogP contribution in [0.3, 0.4) is 0 Å². The van der Waals surface area contributed by atoms with Gasteiger partial charge in [0, 0.05) is 10.4 Å². The van der Waals surface area contributed by atoms with E-state index >= 15 is 0 Å². The van der Waals surface area contributed by atoms with Gasteiger partial charge in [-0.05, 0) is 31.0 Å². The first-order chi connectivity index (χ1) is 6.63. The van der Waals surface area contributed by atoms with E-state index in [1.165, 1.54) is 0 Å². The van der Waals surface area contributed by atoms with E-state index in [4.69, 9.17) is 5.26 Å². The summed E-state index contributed by atoms with van der Waals surface area (Å²) in [5, 5.41) is 18.4. The van der Waals surface area contributed by atoms with Crippen molar-refractivity contribution < 1.29 is 5.11 Å². The lowest BCUT2D eigenvalue weighted by Crippen LogP contribution is -2.02. The van der Waals surface area contributed by atoms with Crippen LogP contribution in [0.25, 0.3) is 0 Å². The maximum absolute atomic E-state index is 9.77. The van der Waals surface area contributed by atoms with E-state index in [1.54, 1.807) is 6.92 Å². The highest BCUT2D eigenvalue weighted by molar-refractivity contribution is 9.10. The summed E-state index contributed by atoms with van der Waals surface area (Å²) in [6.07, 6.45) is -0.0744. The van der Waals surface area contributed by atoms with Gasteiger partial charge in [-0.2, -0.15) is 5.26 Å². The van der Waals surface area contributed by atoms with Crippen LogP contribution in [0, 0.1) is 17.2 Å². The first-order valence-electron chi connectivity index (χ1n) is 4.46. The van der Waals surface area contributed by atoms with Crippen molar-refractivity contribution in [2.75, 3.05) is 0 Å². The maximum atomic E-state index is 9.77. The Hall–Kier alpha value is -0.850. The van der Waals surface area contributed by atoms with E-state index in [1.807, 2.05) is 24.3 Å². The molecule has 1 aromatic carbocycles. The molecule has 0 aliphatic heterocycles. The van der Waals surface area contributed by atoms with Crippen LogP contribution < -0.4 is 0 Å². The monoisotopic (exact) mass is 253 g/mol. The standard InChI is InChI=1S/C11H12BrNO/c1-8(7-13)5-11(14)9-3-2-4-10(12)6-9/h2-4,6,8,11,14H,5H2,1H3. The zero-order chi connectivity index (χ0) is 10.6. The molecule has 0 aliphatic rings. The van der Waals surface area contributed by atoms with Gasteiger partial charge in [0.1, 0.15) is 0 Å². The topological polar surface area (TPSA) is 44.0 Å². The van der Waals surface area contributed by atoms with Crippen molar-refractivity contribution in [3.63, 3.8) is 0 Å². The zero-order valence-electron chi connectivity index (χ0n) is 7.94. The molecule has 0 heterocycles. The second-order valence-electron chi connectivity index (χ2n) is 3.34. The third kappa shape index (κ3) is 3.13. The molecule has 1 rings (SSSR count). The molecule has 3 heteroatoms. The molecule has 0 aromatic heterocycles. The number of halogens is 1. The van der Waals surface area contributed by atoms with E-state index in [9.17, 15) is 5.11 Å². The zero-order valence-corrected chi connectivity index (χ0v) is 9.53. The number of rotatable bonds is 3. The van der Waals surface area contributed by atoms with E-state index in [2.05, 4.69) is 22.0 Å². The molecule has 1 aromatic rings. The van der Waals surface area contributed by atoms with Crippen LogP contribution in [-0.2, 0) is 0 Å².